The molecule has 0 bridgehead atoms. The summed E-state index contributed by atoms with van der Waals surface area (Å²) in [7, 11) is 2.07. The molecule has 0 N–H and O–H groups in total. The van der Waals surface area contributed by atoms with Crippen molar-refractivity contribution in [1.29, 1.82) is 0 Å². The number of anilines is 2. The van der Waals surface area contributed by atoms with Gasteiger partial charge in [0.05, 0.1) is 29.0 Å². The number of benzene rings is 4. The lowest BCUT2D eigenvalue weighted by Gasteiger charge is -2.19. The van der Waals surface area contributed by atoms with E-state index >= 15 is 0 Å². The number of hydrogen-bond acceptors (Lipinski definition) is 3. The van der Waals surface area contributed by atoms with Gasteiger partial charge in [0.15, 0.2) is 0 Å². The van der Waals surface area contributed by atoms with Gasteiger partial charge in [0, 0.05) is 29.9 Å². The number of hydrogen-bond donors (Lipinski definition) is 0. The summed E-state index contributed by atoms with van der Waals surface area (Å²) in [4.78, 5) is 6.41. The lowest BCUT2D eigenvalue weighted by Crippen LogP contribution is -2.12. The molecular formula is C36H34N4. The third-order valence-corrected chi connectivity index (χ3v) is 7.56. The van der Waals surface area contributed by atoms with Gasteiger partial charge in [-0.25, -0.2) is 4.68 Å². The Balaban J connectivity index is 1.46. The summed E-state index contributed by atoms with van der Waals surface area (Å²) in [6.45, 7) is 8.77. The topological polar surface area (TPSA) is 34.0 Å². The number of pyridine rings is 1. The van der Waals surface area contributed by atoms with Crippen LogP contribution in [-0.2, 0) is 5.41 Å². The van der Waals surface area contributed by atoms with E-state index in [0.29, 0.717) is 0 Å². The summed E-state index contributed by atoms with van der Waals surface area (Å²) in [5.41, 5.74) is 10.2. The second kappa shape index (κ2) is 10.1. The predicted octanol–water partition coefficient (Wildman–Crippen LogP) is 9.13. The van der Waals surface area contributed by atoms with Crippen LogP contribution in [-0.4, -0.2) is 21.8 Å². The Morgan fingerprint density at radius 1 is 0.700 bits per heavy atom. The van der Waals surface area contributed by atoms with Crippen molar-refractivity contribution in [1.82, 2.24) is 14.8 Å². The highest BCUT2D eigenvalue weighted by molar-refractivity contribution is 6.04. The number of fused-ring (bicyclic) bond motifs is 1. The first-order valence-corrected chi connectivity index (χ1v) is 13.7. The molecule has 0 spiro atoms. The molecule has 4 heteroatoms. The maximum absolute atomic E-state index is 5.10. The maximum atomic E-state index is 5.10. The Morgan fingerprint density at radius 2 is 1.38 bits per heavy atom. The van der Waals surface area contributed by atoms with Gasteiger partial charge >= 0.3 is 0 Å². The highest BCUT2D eigenvalue weighted by atomic mass is 15.3. The Morgan fingerprint density at radius 3 is 2.02 bits per heavy atom. The van der Waals surface area contributed by atoms with Crippen LogP contribution in [0.25, 0.3) is 38.8 Å². The quantitative estimate of drug-likeness (QED) is 0.226. The minimum atomic E-state index is -0.0643. The van der Waals surface area contributed by atoms with E-state index < -0.39 is 0 Å². The van der Waals surface area contributed by atoms with E-state index in [0.717, 1.165) is 28.5 Å². The SMILES string of the molecule is Cc1ccc(-n2nc(C(C)(C)C)cc2-c2ccc(-c3ccc(N(C)c4cccnc4)cc3)c3ccccc23)cc1. The van der Waals surface area contributed by atoms with Crippen molar-refractivity contribution in [2.24, 2.45) is 0 Å². The molecule has 198 valence electrons. The minimum absolute atomic E-state index is 0.0643. The smallest absolute Gasteiger partial charge is 0.0750 e. The van der Waals surface area contributed by atoms with Crippen LogP contribution in [0, 0.1) is 6.92 Å². The molecule has 0 radical (unpaired) electrons. The number of rotatable bonds is 5. The normalized spacial score (nSPS) is 11.6. The van der Waals surface area contributed by atoms with E-state index in [1.807, 2.05) is 12.3 Å². The largest absolute Gasteiger partial charge is 0.343 e. The molecule has 0 saturated carbocycles. The molecule has 40 heavy (non-hydrogen) atoms. The zero-order chi connectivity index (χ0) is 27.9. The molecule has 0 aliphatic carbocycles. The third-order valence-electron chi connectivity index (χ3n) is 7.56. The highest BCUT2D eigenvalue weighted by Crippen LogP contribution is 2.38. The molecule has 4 nitrogen and oxygen atoms in total. The van der Waals surface area contributed by atoms with Crippen molar-refractivity contribution in [2.45, 2.75) is 33.1 Å². The van der Waals surface area contributed by atoms with E-state index in [4.69, 9.17) is 5.10 Å². The second-order valence-electron chi connectivity index (χ2n) is 11.4. The fourth-order valence-electron chi connectivity index (χ4n) is 5.16. The molecular weight excluding hydrogens is 488 g/mol. The standard InChI is InChI=1S/C36H34N4/c1-25-12-16-28(17-13-25)40-34(23-35(38-40)36(2,3)4)33-21-20-30(31-10-6-7-11-32(31)33)26-14-18-27(19-15-26)39(5)29-9-8-22-37-24-29/h6-24H,1-5H3. The minimum Gasteiger partial charge on any atom is -0.343 e. The Bertz CT molecular complexity index is 1770. The summed E-state index contributed by atoms with van der Waals surface area (Å²) >= 11 is 0. The van der Waals surface area contributed by atoms with Gasteiger partial charge in [0.2, 0.25) is 0 Å². The Labute approximate surface area is 236 Å². The lowest BCUT2D eigenvalue weighted by atomic mass is 9.90. The number of nitrogens with zero attached hydrogens (tertiary/aromatic N) is 4. The number of aryl methyl sites for hydroxylation is 1. The summed E-state index contributed by atoms with van der Waals surface area (Å²) in [5, 5.41) is 7.54. The molecule has 0 saturated heterocycles. The Hall–Kier alpha value is -4.70. The van der Waals surface area contributed by atoms with Gasteiger partial charge in [-0.3, -0.25) is 4.98 Å². The molecule has 2 aromatic heterocycles. The van der Waals surface area contributed by atoms with Gasteiger partial charge in [-0.15, -0.1) is 0 Å². The van der Waals surface area contributed by atoms with Crippen LogP contribution in [0.4, 0.5) is 11.4 Å². The number of aromatic nitrogens is 3. The average Bonchev–Trinajstić information content (AvgIpc) is 3.43. The van der Waals surface area contributed by atoms with E-state index in [-0.39, 0.29) is 5.41 Å². The van der Waals surface area contributed by atoms with Crippen molar-refractivity contribution in [3.8, 4) is 28.1 Å². The molecule has 0 fully saturated rings. The molecule has 0 amide bonds. The molecule has 6 aromatic rings. The van der Waals surface area contributed by atoms with Crippen LogP contribution in [0.5, 0.6) is 0 Å². The summed E-state index contributed by atoms with van der Waals surface area (Å²) < 4.78 is 2.10. The van der Waals surface area contributed by atoms with E-state index in [1.54, 1.807) is 6.20 Å². The molecule has 6 rings (SSSR count). The van der Waals surface area contributed by atoms with E-state index in [2.05, 4.69) is 146 Å². The first kappa shape index (κ1) is 25.6. The van der Waals surface area contributed by atoms with E-state index in [1.165, 1.54) is 33.0 Å². The lowest BCUT2D eigenvalue weighted by molar-refractivity contribution is 0.560. The van der Waals surface area contributed by atoms with Crippen molar-refractivity contribution >= 4 is 22.1 Å². The maximum Gasteiger partial charge on any atom is 0.0750 e. The van der Waals surface area contributed by atoms with Crippen LogP contribution in [0.2, 0.25) is 0 Å². The van der Waals surface area contributed by atoms with Gasteiger partial charge in [0.1, 0.15) is 0 Å². The molecule has 0 atom stereocenters. The molecule has 2 heterocycles. The predicted molar refractivity (Wildman–Crippen MR) is 168 cm³/mol. The van der Waals surface area contributed by atoms with E-state index in [9.17, 15) is 0 Å². The van der Waals surface area contributed by atoms with Crippen molar-refractivity contribution in [3.05, 3.63) is 127 Å². The average molecular weight is 523 g/mol. The summed E-state index contributed by atoms with van der Waals surface area (Å²) in [5.74, 6) is 0. The Kier molecular flexibility index (Phi) is 6.47. The van der Waals surface area contributed by atoms with Crippen molar-refractivity contribution < 1.29 is 0 Å². The monoisotopic (exact) mass is 522 g/mol. The zero-order valence-electron chi connectivity index (χ0n) is 23.8. The zero-order valence-corrected chi connectivity index (χ0v) is 23.8. The van der Waals surface area contributed by atoms with Crippen LogP contribution >= 0.6 is 0 Å². The summed E-state index contributed by atoms with van der Waals surface area (Å²) in [6.07, 6.45) is 3.68. The first-order chi connectivity index (χ1) is 19.3. The van der Waals surface area contributed by atoms with Crippen LogP contribution in [0.15, 0.2) is 116 Å². The molecule has 0 aliphatic heterocycles. The molecule has 4 aromatic carbocycles. The first-order valence-electron chi connectivity index (χ1n) is 13.7. The summed E-state index contributed by atoms with van der Waals surface area (Å²) in [6, 6.07) is 36.8. The van der Waals surface area contributed by atoms with Gasteiger partial charge in [-0.1, -0.05) is 87.0 Å². The fourth-order valence-corrected chi connectivity index (χ4v) is 5.16. The van der Waals surface area contributed by atoms with Gasteiger partial charge in [-0.05, 0) is 71.3 Å². The van der Waals surface area contributed by atoms with Crippen LogP contribution < -0.4 is 4.90 Å². The van der Waals surface area contributed by atoms with Crippen LogP contribution in [0.1, 0.15) is 32.0 Å². The van der Waals surface area contributed by atoms with Crippen molar-refractivity contribution in [2.75, 3.05) is 11.9 Å². The van der Waals surface area contributed by atoms with Gasteiger partial charge in [-0.2, -0.15) is 5.10 Å². The van der Waals surface area contributed by atoms with Gasteiger partial charge < -0.3 is 4.90 Å². The van der Waals surface area contributed by atoms with Gasteiger partial charge in [0.25, 0.3) is 0 Å². The molecule has 0 aliphatic rings. The second-order valence-corrected chi connectivity index (χ2v) is 11.4. The third kappa shape index (κ3) is 4.77. The van der Waals surface area contributed by atoms with Crippen molar-refractivity contribution in [3.63, 3.8) is 0 Å². The molecule has 0 unspecified atom stereocenters. The fraction of sp³-hybridized carbons (Fsp3) is 0.167. The van der Waals surface area contributed by atoms with Crippen LogP contribution in [0.3, 0.4) is 0 Å². The highest BCUT2D eigenvalue weighted by Gasteiger charge is 2.22.